The summed E-state index contributed by atoms with van der Waals surface area (Å²) in [5.74, 6) is 0.731. The van der Waals surface area contributed by atoms with E-state index in [-0.39, 0.29) is 0 Å². The molecule has 0 aromatic rings. The Balaban J connectivity index is 2.20. The molecule has 0 aliphatic carbocycles. The third-order valence-electron chi connectivity index (χ3n) is 7.13. The minimum atomic E-state index is -0.742. The van der Waals surface area contributed by atoms with Gasteiger partial charge in [-0.05, 0) is 64.1 Å². The van der Waals surface area contributed by atoms with Crippen molar-refractivity contribution in [2.45, 2.75) is 129 Å². The zero-order valence-electron chi connectivity index (χ0n) is 21.1. The maximum Gasteiger partial charge on any atom is 0.407 e. The fourth-order valence-electron chi connectivity index (χ4n) is 4.94. The second kappa shape index (κ2) is 19.9. The largest absolute Gasteiger partial charge is 0.465 e. The van der Waals surface area contributed by atoms with E-state index >= 15 is 0 Å². The van der Waals surface area contributed by atoms with Gasteiger partial charge in [0, 0.05) is 13.1 Å². The molecule has 1 aliphatic rings. The van der Waals surface area contributed by atoms with Crippen molar-refractivity contribution in [2.75, 3.05) is 32.7 Å². The molecule has 1 amide bonds. The molecule has 0 spiro atoms. The van der Waals surface area contributed by atoms with Gasteiger partial charge in [0.15, 0.2) is 0 Å². The summed E-state index contributed by atoms with van der Waals surface area (Å²) in [6.45, 7) is 9.85. The van der Waals surface area contributed by atoms with Gasteiger partial charge < -0.3 is 14.9 Å². The van der Waals surface area contributed by atoms with Gasteiger partial charge in [0.05, 0.1) is 0 Å². The number of amides is 1. The van der Waals surface area contributed by atoms with Crippen molar-refractivity contribution in [1.29, 1.82) is 0 Å². The lowest BCUT2D eigenvalue weighted by Crippen LogP contribution is -2.37. The van der Waals surface area contributed by atoms with Crippen LogP contribution in [0.25, 0.3) is 0 Å². The lowest BCUT2D eigenvalue weighted by atomic mass is 9.92. The van der Waals surface area contributed by atoms with E-state index in [0.29, 0.717) is 0 Å². The summed E-state index contributed by atoms with van der Waals surface area (Å²) in [6, 6.07) is 0. The first kappa shape index (κ1) is 28.3. The summed E-state index contributed by atoms with van der Waals surface area (Å²) in [6.07, 6.45) is 23.4. The van der Waals surface area contributed by atoms with Gasteiger partial charge in [-0.2, -0.15) is 0 Å². The molecule has 4 nitrogen and oxygen atoms in total. The molecule has 0 aromatic carbocycles. The Labute approximate surface area is 194 Å². The summed E-state index contributed by atoms with van der Waals surface area (Å²) in [5, 5.41) is 9.12. The van der Waals surface area contributed by atoms with Gasteiger partial charge in [-0.25, -0.2) is 4.79 Å². The van der Waals surface area contributed by atoms with Crippen molar-refractivity contribution < 1.29 is 9.90 Å². The predicted octanol–water partition coefficient (Wildman–Crippen LogP) is 7.96. The summed E-state index contributed by atoms with van der Waals surface area (Å²) >= 11 is 0. The van der Waals surface area contributed by atoms with Crippen LogP contribution in [0.15, 0.2) is 0 Å². The second-order valence-corrected chi connectivity index (χ2v) is 9.94. The Morgan fingerprint density at radius 3 is 1.58 bits per heavy atom. The number of likely N-dealkylation sites (tertiary alicyclic amines) is 1. The average Bonchev–Trinajstić information content (AvgIpc) is 2.77. The smallest absolute Gasteiger partial charge is 0.407 e. The molecule has 1 aliphatic heterocycles. The van der Waals surface area contributed by atoms with E-state index in [1.807, 2.05) is 0 Å². The van der Waals surface area contributed by atoms with Gasteiger partial charge in [0.1, 0.15) is 0 Å². The van der Waals surface area contributed by atoms with Crippen LogP contribution in [0.3, 0.4) is 0 Å². The van der Waals surface area contributed by atoms with Gasteiger partial charge in [0.2, 0.25) is 0 Å². The molecular formula is C27H54N2O2. The van der Waals surface area contributed by atoms with E-state index in [4.69, 9.17) is 5.11 Å². The number of nitrogens with zero attached hydrogens (tertiary/aromatic N) is 2. The first-order valence-corrected chi connectivity index (χ1v) is 13.9. The highest BCUT2D eigenvalue weighted by Gasteiger charge is 2.22. The average molecular weight is 439 g/mol. The number of hydrogen-bond donors (Lipinski definition) is 1. The molecule has 0 atom stereocenters. The molecule has 1 rings (SSSR count). The van der Waals surface area contributed by atoms with Gasteiger partial charge in [0.25, 0.3) is 0 Å². The highest BCUT2D eigenvalue weighted by Crippen LogP contribution is 2.22. The van der Waals surface area contributed by atoms with E-state index < -0.39 is 6.09 Å². The lowest BCUT2D eigenvalue weighted by molar-refractivity contribution is 0.122. The Hall–Kier alpha value is -0.770. The SMILES string of the molecule is CCCCCCCCCN(CCCCCCCCC)CCCC1CCN(C(=O)O)CC1. The zero-order chi connectivity index (χ0) is 22.6. The Bertz CT molecular complexity index is 390. The standard InChI is InChI=1S/C27H54N2O2/c1-3-5-7-9-11-13-15-21-28(22-16-14-12-10-8-6-4-2)23-17-18-26-19-24-29(25-20-26)27(30)31/h26H,3-25H2,1-2H3,(H,30,31). The molecule has 0 aromatic heterocycles. The van der Waals surface area contributed by atoms with Crippen molar-refractivity contribution in [3.63, 3.8) is 0 Å². The molecule has 0 radical (unpaired) electrons. The lowest BCUT2D eigenvalue weighted by Gasteiger charge is -2.30. The number of rotatable bonds is 20. The van der Waals surface area contributed by atoms with E-state index in [0.717, 1.165) is 31.8 Å². The topological polar surface area (TPSA) is 43.8 Å². The first-order valence-electron chi connectivity index (χ1n) is 13.9. The van der Waals surface area contributed by atoms with Crippen molar-refractivity contribution >= 4 is 6.09 Å². The Morgan fingerprint density at radius 1 is 0.710 bits per heavy atom. The monoisotopic (exact) mass is 438 g/mol. The van der Waals surface area contributed by atoms with Gasteiger partial charge in [-0.3, -0.25) is 0 Å². The van der Waals surface area contributed by atoms with Crippen LogP contribution in [0.2, 0.25) is 0 Å². The molecule has 184 valence electrons. The second-order valence-electron chi connectivity index (χ2n) is 9.94. The summed E-state index contributed by atoms with van der Waals surface area (Å²) < 4.78 is 0. The van der Waals surface area contributed by atoms with Crippen LogP contribution in [0.4, 0.5) is 4.79 Å². The number of piperidine rings is 1. The van der Waals surface area contributed by atoms with Crippen molar-refractivity contribution in [3.8, 4) is 0 Å². The molecule has 4 heteroatoms. The van der Waals surface area contributed by atoms with E-state index in [1.165, 1.54) is 122 Å². The van der Waals surface area contributed by atoms with Gasteiger partial charge in [-0.15, -0.1) is 0 Å². The molecule has 1 N–H and O–H groups in total. The Kier molecular flexibility index (Phi) is 18.1. The summed E-state index contributed by atoms with van der Waals surface area (Å²) in [5.41, 5.74) is 0. The quantitative estimate of drug-likeness (QED) is 0.196. The van der Waals surface area contributed by atoms with Crippen molar-refractivity contribution in [3.05, 3.63) is 0 Å². The van der Waals surface area contributed by atoms with Crippen LogP contribution in [0.5, 0.6) is 0 Å². The van der Waals surface area contributed by atoms with Crippen LogP contribution in [0, 0.1) is 5.92 Å². The van der Waals surface area contributed by atoms with Crippen LogP contribution in [0.1, 0.15) is 129 Å². The molecule has 1 saturated heterocycles. The highest BCUT2D eigenvalue weighted by atomic mass is 16.4. The maximum absolute atomic E-state index is 11.1. The maximum atomic E-state index is 11.1. The molecule has 0 bridgehead atoms. The number of carbonyl (C=O) groups is 1. The number of hydrogen-bond acceptors (Lipinski definition) is 2. The Morgan fingerprint density at radius 2 is 1.13 bits per heavy atom. The van der Waals surface area contributed by atoms with E-state index in [2.05, 4.69) is 18.7 Å². The minimum Gasteiger partial charge on any atom is -0.465 e. The first-order chi connectivity index (χ1) is 15.2. The van der Waals surface area contributed by atoms with Gasteiger partial charge >= 0.3 is 6.09 Å². The van der Waals surface area contributed by atoms with Crippen LogP contribution >= 0.6 is 0 Å². The number of unbranched alkanes of at least 4 members (excludes halogenated alkanes) is 12. The highest BCUT2D eigenvalue weighted by molar-refractivity contribution is 5.64. The molecule has 1 heterocycles. The fraction of sp³-hybridized carbons (Fsp3) is 0.963. The molecular weight excluding hydrogens is 384 g/mol. The van der Waals surface area contributed by atoms with Crippen LogP contribution in [-0.4, -0.2) is 53.7 Å². The fourth-order valence-corrected chi connectivity index (χ4v) is 4.94. The third-order valence-corrected chi connectivity index (χ3v) is 7.13. The van der Waals surface area contributed by atoms with Gasteiger partial charge in [-0.1, -0.05) is 90.9 Å². The van der Waals surface area contributed by atoms with E-state index in [9.17, 15) is 4.79 Å². The summed E-state index contributed by atoms with van der Waals surface area (Å²) in [7, 11) is 0. The summed E-state index contributed by atoms with van der Waals surface area (Å²) in [4.78, 5) is 15.4. The van der Waals surface area contributed by atoms with Crippen LogP contribution in [-0.2, 0) is 0 Å². The molecule has 31 heavy (non-hydrogen) atoms. The van der Waals surface area contributed by atoms with Crippen molar-refractivity contribution in [1.82, 2.24) is 9.80 Å². The predicted molar refractivity (Wildman–Crippen MR) is 134 cm³/mol. The minimum absolute atomic E-state index is 0.731. The molecule has 0 unspecified atom stereocenters. The van der Waals surface area contributed by atoms with E-state index in [1.54, 1.807) is 4.90 Å². The zero-order valence-corrected chi connectivity index (χ0v) is 21.1. The molecule has 1 fully saturated rings. The number of carboxylic acid groups (broad SMARTS) is 1. The molecule has 0 saturated carbocycles. The van der Waals surface area contributed by atoms with Crippen molar-refractivity contribution in [2.24, 2.45) is 5.92 Å². The normalized spacial score (nSPS) is 15.1. The third kappa shape index (κ3) is 15.6. The van der Waals surface area contributed by atoms with Crippen LogP contribution < -0.4 is 0 Å².